The van der Waals surface area contributed by atoms with Crippen LogP contribution in [0.1, 0.15) is 33.6 Å². The molecule has 0 radical (unpaired) electrons. The van der Waals surface area contributed by atoms with Gasteiger partial charge in [-0.3, -0.25) is 4.90 Å². The van der Waals surface area contributed by atoms with Crippen LogP contribution in [-0.2, 0) is 10.0 Å². The number of nitrogens with one attached hydrogen (secondary N) is 1. The lowest BCUT2D eigenvalue weighted by Crippen LogP contribution is -2.58. The van der Waals surface area contributed by atoms with Crippen LogP contribution in [-0.4, -0.2) is 68.2 Å². The molecule has 2 aliphatic rings. The smallest absolute Gasteiger partial charge is 0.211 e. The van der Waals surface area contributed by atoms with Crippen molar-refractivity contribution in [1.29, 1.82) is 0 Å². The van der Waals surface area contributed by atoms with Gasteiger partial charge in [-0.1, -0.05) is 0 Å². The van der Waals surface area contributed by atoms with E-state index in [0.29, 0.717) is 19.1 Å². The molecule has 1 saturated carbocycles. The first-order chi connectivity index (χ1) is 9.17. The molecule has 118 valence electrons. The molecule has 0 bridgehead atoms. The van der Waals surface area contributed by atoms with Crippen LogP contribution in [0.25, 0.3) is 0 Å². The molecule has 6 heteroatoms. The van der Waals surface area contributed by atoms with Crippen molar-refractivity contribution in [2.45, 2.75) is 45.2 Å². The first kappa shape index (κ1) is 16.2. The Bertz CT molecular complexity index is 422. The first-order valence-corrected chi connectivity index (χ1v) is 9.46. The molecule has 0 aromatic carbocycles. The molecule has 5 nitrogen and oxygen atoms in total. The summed E-state index contributed by atoms with van der Waals surface area (Å²) in [5.41, 5.74) is 0.176. The van der Waals surface area contributed by atoms with Gasteiger partial charge in [0.25, 0.3) is 0 Å². The van der Waals surface area contributed by atoms with Crippen molar-refractivity contribution in [2.75, 3.05) is 39.0 Å². The molecule has 1 heterocycles. The van der Waals surface area contributed by atoms with E-state index in [2.05, 4.69) is 31.0 Å². The molecule has 0 aromatic rings. The van der Waals surface area contributed by atoms with Crippen molar-refractivity contribution >= 4 is 10.0 Å². The minimum Gasteiger partial charge on any atom is -0.312 e. The lowest BCUT2D eigenvalue weighted by Gasteiger charge is -2.48. The molecule has 1 aliphatic heterocycles. The largest absolute Gasteiger partial charge is 0.312 e. The van der Waals surface area contributed by atoms with Crippen molar-refractivity contribution in [3.8, 4) is 0 Å². The number of hydrogen-bond donors (Lipinski definition) is 1. The van der Waals surface area contributed by atoms with E-state index in [1.807, 2.05) is 0 Å². The Labute approximate surface area is 123 Å². The maximum atomic E-state index is 11.5. The Morgan fingerprint density at radius 2 is 1.70 bits per heavy atom. The van der Waals surface area contributed by atoms with E-state index in [4.69, 9.17) is 0 Å². The highest BCUT2D eigenvalue weighted by Crippen LogP contribution is 2.32. The maximum absolute atomic E-state index is 11.5. The Kier molecular flexibility index (Phi) is 4.79. The molecule has 2 fully saturated rings. The van der Waals surface area contributed by atoms with Crippen LogP contribution in [0.15, 0.2) is 0 Å². The zero-order chi connectivity index (χ0) is 15.0. The second-order valence-electron chi connectivity index (χ2n) is 7.23. The SMILES string of the molecule is CC(C)(C)NCC1CCC1N1CCN(S(C)(=O)=O)CC1. The van der Waals surface area contributed by atoms with Gasteiger partial charge in [-0.2, -0.15) is 4.31 Å². The third-order valence-electron chi connectivity index (χ3n) is 4.48. The summed E-state index contributed by atoms with van der Waals surface area (Å²) in [4.78, 5) is 2.49. The third kappa shape index (κ3) is 4.16. The summed E-state index contributed by atoms with van der Waals surface area (Å²) >= 11 is 0. The monoisotopic (exact) mass is 303 g/mol. The Hall–Kier alpha value is -0.170. The zero-order valence-electron chi connectivity index (χ0n) is 13.2. The predicted molar refractivity (Wildman–Crippen MR) is 82.3 cm³/mol. The molecular weight excluding hydrogens is 274 g/mol. The van der Waals surface area contributed by atoms with E-state index in [1.54, 1.807) is 4.31 Å². The lowest BCUT2D eigenvalue weighted by atomic mass is 9.77. The van der Waals surface area contributed by atoms with Gasteiger partial charge >= 0.3 is 0 Å². The van der Waals surface area contributed by atoms with Gasteiger partial charge in [0.05, 0.1) is 6.26 Å². The molecule has 1 N–H and O–H groups in total. The highest BCUT2D eigenvalue weighted by atomic mass is 32.2. The highest BCUT2D eigenvalue weighted by molar-refractivity contribution is 7.88. The summed E-state index contributed by atoms with van der Waals surface area (Å²) in [5.74, 6) is 0.721. The molecule has 1 saturated heterocycles. The average molecular weight is 303 g/mol. The molecule has 0 aromatic heterocycles. The predicted octanol–water partition coefficient (Wildman–Crippen LogP) is 0.730. The van der Waals surface area contributed by atoms with Crippen LogP contribution in [0.5, 0.6) is 0 Å². The van der Waals surface area contributed by atoms with Crippen molar-refractivity contribution in [2.24, 2.45) is 5.92 Å². The zero-order valence-corrected chi connectivity index (χ0v) is 14.0. The summed E-state index contributed by atoms with van der Waals surface area (Å²) in [5, 5.41) is 3.59. The van der Waals surface area contributed by atoms with Gasteiger partial charge in [-0.25, -0.2) is 8.42 Å². The average Bonchev–Trinajstić information content (AvgIpc) is 2.25. The summed E-state index contributed by atoms with van der Waals surface area (Å²) < 4.78 is 24.6. The van der Waals surface area contributed by atoms with Crippen molar-refractivity contribution in [3.05, 3.63) is 0 Å². The van der Waals surface area contributed by atoms with E-state index in [-0.39, 0.29) is 5.54 Å². The topological polar surface area (TPSA) is 52.6 Å². The number of hydrogen-bond acceptors (Lipinski definition) is 4. The molecule has 1 aliphatic carbocycles. The standard InChI is InChI=1S/C14H29N3O2S/c1-14(2,3)15-11-12-5-6-13(12)16-7-9-17(10-8-16)20(4,18)19/h12-13,15H,5-11H2,1-4H3. The fourth-order valence-electron chi connectivity index (χ4n) is 3.07. The number of piperazine rings is 1. The summed E-state index contributed by atoms with van der Waals surface area (Å²) in [6.45, 7) is 10.7. The van der Waals surface area contributed by atoms with E-state index in [9.17, 15) is 8.42 Å². The van der Waals surface area contributed by atoms with Gasteiger partial charge in [-0.05, 0) is 46.1 Å². The Morgan fingerprint density at radius 3 is 2.10 bits per heavy atom. The second-order valence-corrected chi connectivity index (χ2v) is 9.22. The van der Waals surface area contributed by atoms with Gasteiger partial charge in [0.15, 0.2) is 0 Å². The molecule has 20 heavy (non-hydrogen) atoms. The molecular formula is C14H29N3O2S. The van der Waals surface area contributed by atoms with Crippen molar-refractivity contribution < 1.29 is 8.42 Å². The van der Waals surface area contributed by atoms with Crippen LogP contribution < -0.4 is 5.32 Å². The van der Waals surface area contributed by atoms with Crippen LogP contribution in [0, 0.1) is 5.92 Å². The van der Waals surface area contributed by atoms with E-state index in [1.165, 1.54) is 19.1 Å². The van der Waals surface area contributed by atoms with Crippen LogP contribution in [0.3, 0.4) is 0 Å². The van der Waals surface area contributed by atoms with Gasteiger partial charge < -0.3 is 5.32 Å². The first-order valence-electron chi connectivity index (χ1n) is 7.61. The summed E-state index contributed by atoms with van der Waals surface area (Å²) in [6, 6.07) is 0.645. The third-order valence-corrected chi connectivity index (χ3v) is 5.79. The number of sulfonamides is 1. The fraction of sp³-hybridized carbons (Fsp3) is 1.00. The minimum atomic E-state index is -3.01. The molecule has 2 atom stereocenters. The molecule has 2 unspecified atom stereocenters. The summed E-state index contributed by atoms with van der Waals surface area (Å²) in [7, 11) is -3.01. The van der Waals surface area contributed by atoms with Gasteiger partial charge in [-0.15, -0.1) is 0 Å². The molecule has 2 rings (SSSR count). The van der Waals surface area contributed by atoms with Gasteiger partial charge in [0.1, 0.15) is 0 Å². The number of nitrogens with zero attached hydrogens (tertiary/aromatic N) is 2. The highest BCUT2D eigenvalue weighted by Gasteiger charge is 2.37. The quantitative estimate of drug-likeness (QED) is 0.832. The lowest BCUT2D eigenvalue weighted by molar-refractivity contribution is 0.0353. The maximum Gasteiger partial charge on any atom is 0.211 e. The molecule has 0 spiro atoms. The van der Waals surface area contributed by atoms with E-state index < -0.39 is 10.0 Å². The Balaban J connectivity index is 1.79. The fourth-order valence-corrected chi connectivity index (χ4v) is 3.90. The second kappa shape index (κ2) is 5.91. The van der Waals surface area contributed by atoms with Crippen LogP contribution >= 0.6 is 0 Å². The van der Waals surface area contributed by atoms with Crippen LogP contribution in [0.2, 0.25) is 0 Å². The van der Waals surface area contributed by atoms with Crippen molar-refractivity contribution in [1.82, 2.24) is 14.5 Å². The van der Waals surface area contributed by atoms with Gasteiger partial charge in [0.2, 0.25) is 10.0 Å². The van der Waals surface area contributed by atoms with Crippen molar-refractivity contribution in [3.63, 3.8) is 0 Å². The normalized spacial score (nSPS) is 30.2. The van der Waals surface area contributed by atoms with E-state index >= 15 is 0 Å². The number of rotatable bonds is 4. The van der Waals surface area contributed by atoms with Gasteiger partial charge in [0, 0.05) is 37.8 Å². The Morgan fingerprint density at radius 1 is 1.10 bits per heavy atom. The van der Waals surface area contributed by atoms with Crippen LogP contribution in [0.4, 0.5) is 0 Å². The van der Waals surface area contributed by atoms with E-state index in [0.717, 1.165) is 25.6 Å². The minimum absolute atomic E-state index is 0.176. The molecule has 0 amide bonds. The summed E-state index contributed by atoms with van der Waals surface area (Å²) in [6.07, 6.45) is 3.86.